The average molecular weight is 323 g/mol. The van der Waals surface area contributed by atoms with Crippen LogP contribution in [-0.2, 0) is 9.47 Å². The Labute approximate surface area is 141 Å². The Morgan fingerprint density at radius 3 is 2.83 bits per heavy atom. The summed E-state index contributed by atoms with van der Waals surface area (Å²) in [6.45, 7) is 8.58. The summed E-state index contributed by atoms with van der Waals surface area (Å²) in [6.07, 6.45) is 8.08. The maximum atomic E-state index is 8.73. The molecule has 0 aromatic rings. The summed E-state index contributed by atoms with van der Waals surface area (Å²) in [5.74, 6) is 3.41. The third-order valence-corrected chi connectivity index (χ3v) is 4.91. The number of aliphatic hydroxyl groups excluding tert-OH is 1. The van der Waals surface area contributed by atoms with Crippen LogP contribution < -0.4 is 0 Å². The molecule has 1 saturated carbocycles. The molecule has 1 fully saturated rings. The summed E-state index contributed by atoms with van der Waals surface area (Å²) in [5.41, 5.74) is 1.10. The maximum absolute atomic E-state index is 8.73. The fourth-order valence-corrected chi connectivity index (χ4v) is 2.88. The first-order valence-corrected chi connectivity index (χ1v) is 9.20. The minimum Gasteiger partial charge on any atom is -0.493 e. The Morgan fingerprint density at radius 1 is 1.48 bits per heavy atom. The second kappa shape index (κ2) is 9.43. The van der Waals surface area contributed by atoms with E-state index in [9.17, 15) is 0 Å². The first kappa shape index (κ1) is 18.5. The first-order valence-electron chi connectivity index (χ1n) is 9.20. The van der Waals surface area contributed by atoms with Crippen molar-refractivity contribution in [2.45, 2.75) is 59.0 Å². The molecule has 0 amide bonds. The van der Waals surface area contributed by atoms with Crippen LogP contribution in [0.1, 0.15) is 52.9 Å². The van der Waals surface area contributed by atoms with Crippen LogP contribution in [0.4, 0.5) is 0 Å². The van der Waals surface area contributed by atoms with Crippen molar-refractivity contribution in [3.63, 3.8) is 0 Å². The fourth-order valence-electron chi connectivity index (χ4n) is 2.88. The molecule has 0 spiro atoms. The minimum absolute atomic E-state index is 0.0718. The van der Waals surface area contributed by atoms with E-state index in [-0.39, 0.29) is 12.7 Å². The van der Waals surface area contributed by atoms with Crippen molar-refractivity contribution in [1.82, 2.24) is 0 Å². The molecular weight excluding hydrogens is 290 g/mol. The van der Waals surface area contributed by atoms with Gasteiger partial charge in [0, 0.05) is 12.1 Å². The zero-order chi connectivity index (χ0) is 16.7. The van der Waals surface area contributed by atoms with Crippen LogP contribution in [0.25, 0.3) is 0 Å². The van der Waals surface area contributed by atoms with Crippen molar-refractivity contribution in [2.75, 3.05) is 26.4 Å². The Hall–Kier alpha value is -0.870. The summed E-state index contributed by atoms with van der Waals surface area (Å²) in [4.78, 5) is 4.60. The van der Waals surface area contributed by atoms with Gasteiger partial charge in [0.25, 0.3) is 0 Å². The lowest BCUT2D eigenvalue weighted by atomic mass is 10.0. The van der Waals surface area contributed by atoms with Gasteiger partial charge in [-0.05, 0) is 43.1 Å². The summed E-state index contributed by atoms with van der Waals surface area (Å²) in [7, 11) is 0. The minimum atomic E-state index is 0.0718. The second-order valence-electron chi connectivity index (χ2n) is 7.19. The van der Waals surface area contributed by atoms with E-state index in [2.05, 4.69) is 31.8 Å². The zero-order valence-electron chi connectivity index (χ0n) is 15.0. The Morgan fingerprint density at radius 2 is 2.26 bits per heavy atom. The zero-order valence-corrected chi connectivity index (χ0v) is 15.0. The van der Waals surface area contributed by atoms with Crippen LogP contribution in [0.15, 0.2) is 16.8 Å². The van der Waals surface area contributed by atoms with Gasteiger partial charge in [-0.25, -0.2) is 0 Å². The van der Waals surface area contributed by atoms with E-state index >= 15 is 0 Å². The van der Waals surface area contributed by atoms with Crippen LogP contribution in [0.3, 0.4) is 0 Å². The highest BCUT2D eigenvalue weighted by atomic mass is 16.5. The number of rotatable bonds is 10. The van der Waals surface area contributed by atoms with Crippen molar-refractivity contribution in [3.05, 3.63) is 11.8 Å². The van der Waals surface area contributed by atoms with Crippen LogP contribution in [0.2, 0.25) is 0 Å². The van der Waals surface area contributed by atoms with E-state index in [0.29, 0.717) is 19.1 Å². The van der Waals surface area contributed by atoms with E-state index in [1.54, 1.807) is 0 Å². The number of hydrogen-bond donors (Lipinski definition) is 1. The molecule has 23 heavy (non-hydrogen) atoms. The van der Waals surface area contributed by atoms with E-state index in [1.807, 2.05) is 0 Å². The molecule has 1 N–H and O–H groups in total. The highest BCUT2D eigenvalue weighted by Crippen LogP contribution is 2.40. The predicted molar refractivity (Wildman–Crippen MR) is 93.7 cm³/mol. The SMILES string of the molecule is CCC(C)CC(=CC1CC1C)OC1CCC(COCCO)=NC1. The van der Waals surface area contributed by atoms with E-state index < -0.39 is 0 Å². The summed E-state index contributed by atoms with van der Waals surface area (Å²) >= 11 is 0. The monoisotopic (exact) mass is 323 g/mol. The molecule has 4 unspecified atom stereocenters. The molecule has 0 saturated heterocycles. The highest BCUT2D eigenvalue weighted by molar-refractivity contribution is 5.86. The number of allylic oxidation sites excluding steroid dienone is 2. The number of hydrogen-bond acceptors (Lipinski definition) is 4. The van der Waals surface area contributed by atoms with Crippen molar-refractivity contribution < 1.29 is 14.6 Å². The van der Waals surface area contributed by atoms with Crippen molar-refractivity contribution in [2.24, 2.45) is 22.7 Å². The molecule has 0 radical (unpaired) electrons. The summed E-state index contributed by atoms with van der Waals surface area (Å²) in [5, 5.41) is 8.73. The molecule has 2 aliphatic rings. The van der Waals surface area contributed by atoms with Crippen LogP contribution >= 0.6 is 0 Å². The van der Waals surface area contributed by atoms with Gasteiger partial charge >= 0.3 is 0 Å². The fraction of sp³-hybridized carbons (Fsp3) is 0.842. The number of ether oxygens (including phenoxy) is 2. The van der Waals surface area contributed by atoms with E-state index in [1.165, 1.54) is 18.6 Å². The van der Waals surface area contributed by atoms with Gasteiger partial charge in [0.15, 0.2) is 0 Å². The molecule has 0 bridgehead atoms. The van der Waals surface area contributed by atoms with Gasteiger partial charge in [-0.15, -0.1) is 0 Å². The molecule has 0 aromatic heterocycles. The summed E-state index contributed by atoms with van der Waals surface area (Å²) in [6, 6.07) is 0. The van der Waals surface area contributed by atoms with Gasteiger partial charge in [-0.3, -0.25) is 4.99 Å². The smallest absolute Gasteiger partial charge is 0.118 e. The van der Waals surface area contributed by atoms with Crippen molar-refractivity contribution in [3.8, 4) is 0 Å². The quantitative estimate of drug-likeness (QED) is 0.494. The van der Waals surface area contributed by atoms with Crippen molar-refractivity contribution >= 4 is 5.71 Å². The molecular formula is C19H33NO3. The largest absolute Gasteiger partial charge is 0.493 e. The van der Waals surface area contributed by atoms with Gasteiger partial charge in [-0.2, -0.15) is 0 Å². The van der Waals surface area contributed by atoms with Crippen LogP contribution in [0.5, 0.6) is 0 Å². The van der Waals surface area contributed by atoms with Gasteiger partial charge < -0.3 is 14.6 Å². The number of aliphatic hydroxyl groups is 1. The average Bonchev–Trinajstić information content (AvgIpc) is 3.24. The van der Waals surface area contributed by atoms with Gasteiger partial charge in [-0.1, -0.05) is 27.2 Å². The molecule has 1 heterocycles. The third kappa shape index (κ3) is 6.64. The van der Waals surface area contributed by atoms with Gasteiger partial charge in [0.2, 0.25) is 0 Å². The molecule has 132 valence electrons. The van der Waals surface area contributed by atoms with Gasteiger partial charge in [0.1, 0.15) is 6.10 Å². The van der Waals surface area contributed by atoms with Gasteiger partial charge in [0.05, 0.1) is 32.1 Å². The maximum Gasteiger partial charge on any atom is 0.118 e. The Balaban J connectivity index is 1.82. The second-order valence-corrected chi connectivity index (χ2v) is 7.19. The third-order valence-electron chi connectivity index (χ3n) is 4.91. The molecule has 1 aliphatic carbocycles. The highest BCUT2D eigenvalue weighted by Gasteiger charge is 2.31. The Kier molecular flexibility index (Phi) is 7.57. The molecule has 0 aromatic carbocycles. The van der Waals surface area contributed by atoms with Crippen molar-refractivity contribution in [1.29, 1.82) is 0 Å². The topological polar surface area (TPSA) is 51.0 Å². The molecule has 4 nitrogen and oxygen atoms in total. The Bertz CT molecular complexity index is 419. The number of nitrogens with zero attached hydrogens (tertiary/aromatic N) is 1. The molecule has 4 heteroatoms. The first-order chi connectivity index (χ1) is 11.1. The lowest BCUT2D eigenvalue weighted by Gasteiger charge is -2.25. The molecule has 2 rings (SSSR count). The lowest BCUT2D eigenvalue weighted by molar-refractivity contribution is 0.0954. The van der Waals surface area contributed by atoms with Crippen LogP contribution in [-0.4, -0.2) is 43.3 Å². The standard InChI is InChI=1S/C19H33NO3/c1-4-14(2)9-19(11-16-10-15(16)3)23-18-6-5-17(20-12-18)13-22-8-7-21/h11,14-16,18,21H,4-10,12-13H2,1-3H3. The normalized spacial score (nSPS) is 29.1. The van der Waals surface area contributed by atoms with E-state index in [4.69, 9.17) is 14.6 Å². The predicted octanol–water partition coefficient (Wildman–Crippen LogP) is 3.59. The number of aliphatic imine (C=N–C) groups is 1. The summed E-state index contributed by atoms with van der Waals surface area (Å²) < 4.78 is 11.7. The van der Waals surface area contributed by atoms with Crippen LogP contribution in [0, 0.1) is 17.8 Å². The molecule has 1 aliphatic heterocycles. The molecule has 4 atom stereocenters. The van der Waals surface area contributed by atoms with E-state index in [0.717, 1.165) is 43.4 Å². The lowest BCUT2D eigenvalue weighted by Crippen LogP contribution is -2.26.